The molecule has 0 radical (unpaired) electrons. The van der Waals surface area contributed by atoms with Crippen molar-refractivity contribution < 1.29 is 28.1 Å². The lowest BCUT2D eigenvalue weighted by atomic mass is 10.1. The van der Waals surface area contributed by atoms with Crippen molar-refractivity contribution in [3.05, 3.63) is 36.7 Å². The highest BCUT2D eigenvalue weighted by Crippen LogP contribution is 2.47. The number of para-hydroxylation sites is 1. The van der Waals surface area contributed by atoms with Crippen molar-refractivity contribution in [2.75, 3.05) is 26.6 Å². The van der Waals surface area contributed by atoms with Gasteiger partial charge in [0.25, 0.3) is 0 Å². The molecule has 1 fully saturated rings. The van der Waals surface area contributed by atoms with Crippen LogP contribution in [0.15, 0.2) is 36.7 Å². The first-order valence-electron chi connectivity index (χ1n) is 11.3. The van der Waals surface area contributed by atoms with Crippen molar-refractivity contribution in [1.29, 1.82) is 0 Å². The third kappa shape index (κ3) is 5.76. The summed E-state index contributed by atoms with van der Waals surface area (Å²) in [5.41, 5.74) is 6.87. The number of esters is 1. The Morgan fingerprint density at radius 1 is 1.33 bits per heavy atom. The molecule has 1 aliphatic rings. The minimum atomic E-state index is -3.14. The van der Waals surface area contributed by atoms with Crippen LogP contribution in [0.5, 0.6) is 11.6 Å². The Hall–Kier alpha value is -2.83. The van der Waals surface area contributed by atoms with Crippen LogP contribution in [0.4, 0.5) is 5.95 Å². The van der Waals surface area contributed by atoms with Crippen molar-refractivity contribution in [3.63, 3.8) is 0 Å². The van der Waals surface area contributed by atoms with E-state index in [-0.39, 0.29) is 30.8 Å². The van der Waals surface area contributed by atoms with Crippen LogP contribution in [0.2, 0.25) is 0 Å². The number of hydrogen-bond donors (Lipinski definition) is 2. The molecule has 4 rings (SSSR count). The molecule has 3 heterocycles. The number of nitrogens with one attached hydrogen (secondary N) is 1. The average Bonchev–Trinajstić information content (AvgIpc) is 3.44. The summed E-state index contributed by atoms with van der Waals surface area (Å²) in [5.74, 6) is 0.537. The zero-order valence-electron chi connectivity index (χ0n) is 20.4. The van der Waals surface area contributed by atoms with E-state index >= 15 is 0 Å². The topological polar surface area (TPSA) is 145 Å². The first kappa shape index (κ1) is 26.2. The molecule has 3 aromatic rings. The maximum Gasteiger partial charge on any atom is 0.323 e. The van der Waals surface area contributed by atoms with Gasteiger partial charge in [0.2, 0.25) is 11.8 Å². The Morgan fingerprint density at radius 2 is 2.08 bits per heavy atom. The highest BCUT2D eigenvalue weighted by Gasteiger charge is 2.37. The van der Waals surface area contributed by atoms with E-state index in [1.165, 1.54) is 14.2 Å². The number of hydrogen-bond acceptors (Lipinski definition) is 11. The molecule has 12 nitrogen and oxygen atoms in total. The zero-order valence-corrected chi connectivity index (χ0v) is 22.1. The van der Waals surface area contributed by atoms with E-state index < -0.39 is 18.7 Å². The number of aromatic nitrogens is 4. The molecule has 36 heavy (non-hydrogen) atoms. The number of nitrogens with zero attached hydrogens (tertiary/aromatic N) is 4. The van der Waals surface area contributed by atoms with Crippen LogP contribution < -0.4 is 20.1 Å². The zero-order chi connectivity index (χ0) is 25.9. The average molecular weight is 537 g/mol. The van der Waals surface area contributed by atoms with E-state index in [4.69, 9.17) is 40.8 Å². The SMILES string of the molecule is COC(=O)C(C)NP(=S)(OC[C@@H]1C[C@H](C)[C@H](n2cnc3c(OC)nc(N)nc32)O1)Oc1ccccc1. The monoisotopic (exact) mass is 536 g/mol. The van der Waals surface area contributed by atoms with Gasteiger partial charge in [0.15, 0.2) is 11.2 Å². The number of methoxy groups -OCH3 is 2. The summed E-state index contributed by atoms with van der Waals surface area (Å²) < 4.78 is 30.4. The molecule has 1 aromatic carbocycles. The standard InChI is InChI=1S/C22H29N6O6PS/c1-13-10-16(33-20(13)28-12-24-17-18(28)25-22(23)26-19(17)30-3)11-32-35(36,27-14(2)21(29)31-4)34-15-8-6-5-7-9-15/h5-9,12-14,16,20H,10-11H2,1-4H3,(H,27,36)(H2,23,25,26)/t13-,14?,16-,20+,35?/m0/s1. The van der Waals surface area contributed by atoms with Crippen molar-refractivity contribution in [2.45, 2.75) is 38.6 Å². The molecule has 1 saturated heterocycles. The van der Waals surface area contributed by atoms with Gasteiger partial charge in [0.1, 0.15) is 18.0 Å². The Kier molecular flexibility index (Phi) is 8.06. The second kappa shape index (κ2) is 11.1. The van der Waals surface area contributed by atoms with E-state index in [1.807, 2.05) is 22.8 Å². The quantitative estimate of drug-likeness (QED) is 0.290. The second-order valence-corrected chi connectivity index (χ2v) is 11.5. The number of imidazole rings is 1. The summed E-state index contributed by atoms with van der Waals surface area (Å²) in [6, 6.07) is 8.33. The Bertz CT molecular complexity index is 1260. The van der Waals surface area contributed by atoms with Crippen LogP contribution in [-0.4, -0.2) is 58.5 Å². The van der Waals surface area contributed by atoms with Gasteiger partial charge in [-0.3, -0.25) is 9.36 Å². The van der Waals surface area contributed by atoms with Gasteiger partial charge in [-0.05, 0) is 37.3 Å². The molecule has 5 atom stereocenters. The summed E-state index contributed by atoms with van der Waals surface area (Å²) in [5, 5.41) is 3.00. The molecule has 194 valence electrons. The van der Waals surface area contributed by atoms with Gasteiger partial charge in [-0.2, -0.15) is 9.97 Å². The largest absolute Gasteiger partial charge is 0.479 e. The number of benzene rings is 1. The van der Waals surface area contributed by atoms with Gasteiger partial charge < -0.3 is 29.0 Å². The van der Waals surface area contributed by atoms with E-state index in [0.717, 1.165) is 0 Å². The number of carbonyl (C=O) groups is 1. The molecule has 3 N–H and O–H groups in total. The highest BCUT2D eigenvalue weighted by atomic mass is 32.5. The predicted octanol–water partition coefficient (Wildman–Crippen LogP) is 2.81. The smallest absolute Gasteiger partial charge is 0.323 e. The summed E-state index contributed by atoms with van der Waals surface area (Å²) >= 11 is 5.74. The van der Waals surface area contributed by atoms with Crippen molar-refractivity contribution in [2.24, 2.45) is 5.92 Å². The van der Waals surface area contributed by atoms with Crippen LogP contribution >= 0.6 is 6.64 Å². The molecule has 14 heteroatoms. The number of nitrogen functional groups attached to an aromatic ring is 1. The fourth-order valence-electron chi connectivity index (χ4n) is 3.96. The molecule has 0 spiro atoms. The van der Waals surface area contributed by atoms with Crippen molar-refractivity contribution in [3.8, 4) is 11.6 Å². The Labute approximate surface area is 213 Å². The number of anilines is 1. The fraction of sp³-hybridized carbons (Fsp3) is 0.455. The predicted molar refractivity (Wildman–Crippen MR) is 136 cm³/mol. The third-order valence-corrected chi connectivity index (χ3v) is 8.13. The Balaban J connectivity index is 1.49. The lowest BCUT2D eigenvalue weighted by molar-refractivity contribution is -0.142. The van der Waals surface area contributed by atoms with Gasteiger partial charge >= 0.3 is 12.6 Å². The molecular weight excluding hydrogens is 507 g/mol. The molecule has 0 amide bonds. The van der Waals surface area contributed by atoms with Gasteiger partial charge in [0, 0.05) is 5.92 Å². The summed E-state index contributed by atoms with van der Waals surface area (Å²) in [6.45, 7) is 0.710. The van der Waals surface area contributed by atoms with Gasteiger partial charge in [-0.25, -0.2) is 10.1 Å². The normalized spacial score (nSPS) is 22.2. The molecule has 2 unspecified atom stereocenters. The number of fused-ring (bicyclic) bond motifs is 1. The van der Waals surface area contributed by atoms with Gasteiger partial charge in [-0.1, -0.05) is 25.1 Å². The van der Waals surface area contributed by atoms with E-state index in [1.54, 1.807) is 25.4 Å². The maximum atomic E-state index is 12.0. The van der Waals surface area contributed by atoms with Crippen LogP contribution in [0.1, 0.15) is 26.5 Å². The summed E-state index contributed by atoms with van der Waals surface area (Å²) in [6.07, 6.45) is 1.67. The van der Waals surface area contributed by atoms with Gasteiger partial charge in [-0.15, -0.1) is 0 Å². The van der Waals surface area contributed by atoms with E-state index in [9.17, 15) is 4.79 Å². The van der Waals surface area contributed by atoms with Crippen LogP contribution in [0, 0.1) is 5.92 Å². The third-order valence-electron chi connectivity index (χ3n) is 5.63. The lowest BCUT2D eigenvalue weighted by Gasteiger charge is -2.27. The number of rotatable bonds is 10. The molecule has 2 aromatic heterocycles. The minimum Gasteiger partial charge on any atom is -0.479 e. The molecule has 0 aliphatic carbocycles. The van der Waals surface area contributed by atoms with Crippen LogP contribution in [0.25, 0.3) is 11.2 Å². The number of carbonyl (C=O) groups excluding carboxylic acids is 1. The van der Waals surface area contributed by atoms with Crippen molar-refractivity contribution >= 4 is 41.5 Å². The number of nitrogens with two attached hydrogens (primary N) is 1. The maximum absolute atomic E-state index is 12.0. The first-order chi connectivity index (χ1) is 17.2. The fourth-order valence-corrected chi connectivity index (χ4v) is 6.39. The van der Waals surface area contributed by atoms with Crippen molar-refractivity contribution in [1.82, 2.24) is 24.6 Å². The van der Waals surface area contributed by atoms with Crippen LogP contribution in [0.3, 0.4) is 0 Å². The first-order valence-corrected chi connectivity index (χ1v) is 13.9. The van der Waals surface area contributed by atoms with E-state index in [2.05, 4.69) is 27.0 Å². The van der Waals surface area contributed by atoms with E-state index in [0.29, 0.717) is 29.2 Å². The molecule has 1 aliphatic heterocycles. The molecule has 0 bridgehead atoms. The van der Waals surface area contributed by atoms with Crippen LogP contribution in [-0.2, 0) is 30.6 Å². The molecular formula is C22H29N6O6PS. The number of ether oxygens (including phenoxy) is 3. The summed E-state index contributed by atoms with van der Waals surface area (Å²) in [4.78, 5) is 24.8. The van der Waals surface area contributed by atoms with Gasteiger partial charge in [0.05, 0.1) is 33.3 Å². The highest BCUT2D eigenvalue weighted by molar-refractivity contribution is 8.09. The second-order valence-electron chi connectivity index (χ2n) is 8.35. The summed E-state index contributed by atoms with van der Waals surface area (Å²) in [7, 11) is 2.81. The lowest BCUT2D eigenvalue weighted by Crippen LogP contribution is -2.35. The minimum absolute atomic E-state index is 0.0798. The molecule has 0 saturated carbocycles. The Morgan fingerprint density at radius 3 is 2.78 bits per heavy atom.